The highest BCUT2D eigenvalue weighted by Crippen LogP contribution is 2.32. The zero-order chi connectivity index (χ0) is 12.3. The van der Waals surface area contributed by atoms with E-state index in [1.807, 2.05) is 19.3 Å². The Morgan fingerprint density at radius 1 is 1.29 bits per heavy atom. The maximum Gasteiger partial charge on any atom is 0.214 e. The third-order valence-corrected chi connectivity index (χ3v) is 3.28. The Morgan fingerprint density at radius 3 is 2.76 bits per heavy atom. The molecule has 3 rings (SSSR count). The number of tetrazole rings is 1. The number of hydrogen-bond donors (Lipinski definition) is 2. The SMILES string of the molecule is CO.Cc1cncc2sc(-c3nn[nH]n3)cc12. The first kappa shape index (κ1) is 11.6. The number of aliphatic hydroxyl groups excluding tert-OH is 1. The summed E-state index contributed by atoms with van der Waals surface area (Å²) in [5.74, 6) is 0.635. The van der Waals surface area contributed by atoms with Crippen LogP contribution in [0.3, 0.4) is 0 Å². The van der Waals surface area contributed by atoms with Crippen LogP contribution in [0.2, 0.25) is 0 Å². The van der Waals surface area contributed by atoms with Gasteiger partial charge in [0.1, 0.15) is 0 Å². The van der Waals surface area contributed by atoms with Crippen molar-refractivity contribution in [1.82, 2.24) is 25.6 Å². The summed E-state index contributed by atoms with van der Waals surface area (Å²) in [4.78, 5) is 5.16. The first-order chi connectivity index (χ1) is 8.34. The molecule has 0 saturated heterocycles. The minimum absolute atomic E-state index is 0.635. The summed E-state index contributed by atoms with van der Waals surface area (Å²) < 4.78 is 1.15. The first-order valence-electron chi connectivity index (χ1n) is 4.87. The number of nitrogens with one attached hydrogen (secondary N) is 1. The Kier molecular flexibility index (Phi) is 3.40. The third kappa shape index (κ3) is 2.15. The number of aromatic nitrogens is 5. The molecule has 3 heterocycles. The largest absolute Gasteiger partial charge is 0.400 e. The molecule has 88 valence electrons. The van der Waals surface area contributed by atoms with Crippen molar-refractivity contribution in [1.29, 1.82) is 0 Å². The molecule has 17 heavy (non-hydrogen) atoms. The minimum Gasteiger partial charge on any atom is -0.400 e. The van der Waals surface area contributed by atoms with Crippen LogP contribution in [0.25, 0.3) is 20.8 Å². The van der Waals surface area contributed by atoms with Crippen LogP contribution in [-0.4, -0.2) is 37.8 Å². The average molecular weight is 249 g/mol. The van der Waals surface area contributed by atoms with Gasteiger partial charge in [0.2, 0.25) is 5.82 Å². The lowest BCUT2D eigenvalue weighted by atomic mass is 10.2. The van der Waals surface area contributed by atoms with Gasteiger partial charge in [0.15, 0.2) is 0 Å². The van der Waals surface area contributed by atoms with Crippen LogP contribution in [0, 0.1) is 6.92 Å². The molecule has 0 atom stereocenters. The number of aromatic amines is 1. The number of aryl methyl sites for hydroxylation is 1. The van der Waals surface area contributed by atoms with Crippen molar-refractivity contribution in [3.8, 4) is 10.7 Å². The van der Waals surface area contributed by atoms with E-state index >= 15 is 0 Å². The average Bonchev–Trinajstić information content (AvgIpc) is 3.00. The lowest BCUT2D eigenvalue weighted by molar-refractivity contribution is 0.399. The van der Waals surface area contributed by atoms with E-state index in [1.165, 1.54) is 10.9 Å². The van der Waals surface area contributed by atoms with E-state index < -0.39 is 0 Å². The van der Waals surface area contributed by atoms with Gasteiger partial charge in [0.05, 0.1) is 9.58 Å². The molecule has 0 fully saturated rings. The number of aliphatic hydroxyl groups is 1. The van der Waals surface area contributed by atoms with E-state index in [1.54, 1.807) is 11.3 Å². The maximum atomic E-state index is 7.00. The van der Waals surface area contributed by atoms with Crippen LogP contribution >= 0.6 is 11.3 Å². The number of fused-ring (bicyclic) bond motifs is 1. The van der Waals surface area contributed by atoms with Crippen LogP contribution < -0.4 is 0 Å². The molecule has 0 aliphatic heterocycles. The van der Waals surface area contributed by atoms with Crippen LogP contribution in [-0.2, 0) is 0 Å². The van der Waals surface area contributed by atoms with E-state index in [4.69, 9.17) is 5.11 Å². The smallest absolute Gasteiger partial charge is 0.214 e. The number of hydrogen-bond acceptors (Lipinski definition) is 6. The highest BCUT2D eigenvalue weighted by atomic mass is 32.1. The van der Waals surface area contributed by atoms with Gasteiger partial charge in [-0.2, -0.15) is 5.21 Å². The molecule has 0 bridgehead atoms. The predicted molar refractivity (Wildman–Crippen MR) is 65.7 cm³/mol. The Bertz CT molecular complexity index is 604. The van der Waals surface area contributed by atoms with Gasteiger partial charge in [-0.05, 0) is 29.2 Å². The molecule has 0 radical (unpaired) electrons. The van der Waals surface area contributed by atoms with Crippen molar-refractivity contribution in [3.63, 3.8) is 0 Å². The lowest BCUT2D eigenvalue weighted by Gasteiger charge is -1.90. The second kappa shape index (κ2) is 4.98. The van der Waals surface area contributed by atoms with E-state index in [0.717, 1.165) is 16.7 Å². The molecule has 2 N–H and O–H groups in total. The molecular formula is C10H11N5OS. The van der Waals surface area contributed by atoms with Gasteiger partial charge in [-0.15, -0.1) is 21.5 Å². The summed E-state index contributed by atoms with van der Waals surface area (Å²) in [6.07, 6.45) is 3.71. The zero-order valence-electron chi connectivity index (χ0n) is 9.38. The Labute approximate surface area is 101 Å². The number of rotatable bonds is 1. The van der Waals surface area contributed by atoms with Gasteiger partial charge in [-0.1, -0.05) is 0 Å². The predicted octanol–water partition coefficient (Wildman–Crippen LogP) is 1.39. The molecule has 0 aromatic carbocycles. The van der Waals surface area contributed by atoms with Gasteiger partial charge in [0, 0.05) is 19.5 Å². The monoisotopic (exact) mass is 249 g/mol. The van der Waals surface area contributed by atoms with Gasteiger partial charge < -0.3 is 5.11 Å². The molecule has 0 spiro atoms. The number of pyridine rings is 1. The van der Waals surface area contributed by atoms with Crippen molar-refractivity contribution in [2.75, 3.05) is 7.11 Å². The highest BCUT2D eigenvalue weighted by molar-refractivity contribution is 7.22. The molecule has 0 amide bonds. The van der Waals surface area contributed by atoms with E-state index in [2.05, 4.69) is 31.7 Å². The summed E-state index contributed by atoms with van der Waals surface area (Å²) in [5.41, 5.74) is 1.17. The molecule has 0 saturated carbocycles. The van der Waals surface area contributed by atoms with E-state index in [9.17, 15) is 0 Å². The highest BCUT2D eigenvalue weighted by Gasteiger charge is 2.09. The van der Waals surface area contributed by atoms with Gasteiger partial charge in [-0.25, -0.2) is 0 Å². The summed E-state index contributed by atoms with van der Waals surface area (Å²) in [6, 6.07) is 2.07. The number of thiophene rings is 1. The van der Waals surface area contributed by atoms with E-state index in [0.29, 0.717) is 5.82 Å². The Hall–Kier alpha value is -1.86. The number of nitrogens with zero attached hydrogens (tertiary/aromatic N) is 4. The Morgan fingerprint density at radius 2 is 2.12 bits per heavy atom. The molecular weight excluding hydrogens is 238 g/mol. The molecule has 6 nitrogen and oxygen atoms in total. The van der Waals surface area contributed by atoms with Crippen LogP contribution in [0.4, 0.5) is 0 Å². The van der Waals surface area contributed by atoms with E-state index in [-0.39, 0.29) is 0 Å². The summed E-state index contributed by atoms with van der Waals surface area (Å²) >= 11 is 1.62. The van der Waals surface area contributed by atoms with Crippen LogP contribution in [0.5, 0.6) is 0 Å². The third-order valence-electron chi connectivity index (χ3n) is 2.21. The topological polar surface area (TPSA) is 87.6 Å². The molecule has 7 heteroatoms. The normalized spacial score (nSPS) is 10.1. The van der Waals surface area contributed by atoms with Crippen LogP contribution in [0.15, 0.2) is 18.5 Å². The van der Waals surface area contributed by atoms with Crippen LogP contribution in [0.1, 0.15) is 5.56 Å². The second-order valence-electron chi connectivity index (χ2n) is 3.21. The van der Waals surface area contributed by atoms with Crippen molar-refractivity contribution in [2.24, 2.45) is 0 Å². The summed E-state index contributed by atoms with van der Waals surface area (Å²) in [6.45, 7) is 2.04. The van der Waals surface area contributed by atoms with Crippen molar-refractivity contribution in [3.05, 3.63) is 24.0 Å². The fourth-order valence-corrected chi connectivity index (χ4v) is 2.51. The van der Waals surface area contributed by atoms with Crippen molar-refractivity contribution >= 4 is 21.4 Å². The maximum absolute atomic E-state index is 7.00. The quantitative estimate of drug-likeness (QED) is 0.680. The Balaban J connectivity index is 0.000000514. The van der Waals surface area contributed by atoms with Crippen molar-refractivity contribution in [2.45, 2.75) is 6.92 Å². The minimum atomic E-state index is 0.635. The molecule has 3 aromatic rings. The molecule has 3 aromatic heterocycles. The summed E-state index contributed by atoms with van der Waals surface area (Å²) in [5, 5.41) is 22.1. The zero-order valence-corrected chi connectivity index (χ0v) is 10.2. The lowest BCUT2D eigenvalue weighted by Crippen LogP contribution is -1.75. The van der Waals surface area contributed by atoms with Gasteiger partial charge >= 0.3 is 0 Å². The standard InChI is InChI=1S/C9H7N5S.CH4O/c1-5-3-10-4-8-6(5)2-7(15-8)9-11-13-14-12-9;1-2/h2-4H,1H3,(H,11,12,13,14);2H,1H3. The fourth-order valence-electron chi connectivity index (χ4n) is 1.47. The number of H-pyrrole nitrogens is 1. The summed E-state index contributed by atoms with van der Waals surface area (Å²) in [7, 11) is 1.00. The second-order valence-corrected chi connectivity index (χ2v) is 4.30. The fraction of sp³-hybridized carbons (Fsp3) is 0.200. The molecule has 0 unspecified atom stereocenters. The van der Waals surface area contributed by atoms with Crippen molar-refractivity contribution < 1.29 is 5.11 Å². The van der Waals surface area contributed by atoms with Gasteiger partial charge in [-0.3, -0.25) is 4.98 Å². The first-order valence-corrected chi connectivity index (χ1v) is 5.69. The molecule has 0 aliphatic rings. The van der Waals surface area contributed by atoms with Gasteiger partial charge in [0.25, 0.3) is 0 Å². The molecule has 0 aliphatic carbocycles.